The predicted octanol–water partition coefficient (Wildman–Crippen LogP) is 4.37. The number of benzene rings is 2. The van der Waals surface area contributed by atoms with Crippen molar-refractivity contribution in [3.05, 3.63) is 70.8 Å². The SMILES string of the molecule is COCCCC[C@@](O)(c1cccc(Cl)c1-c1cccc(C)c1)[C@@H]1CCCN(C(=O)[C@H]2C[C@@H](N)[C@@H](O)C2)C1.O=C(O)/C=C/C(=O)O. The van der Waals surface area contributed by atoms with Crippen LogP contribution in [0, 0.1) is 18.8 Å². The first-order valence-corrected chi connectivity index (χ1v) is 15.7. The number of unbranched alkanes of at least 4 members (excludes halogenated alkanes) is 1. The molecule has 2 fully saturated rings. The highest BCUT2D eigenvalue weighted by atomic mass is 35.5. The fourth-order valence-corrected chi connectivity index (χ4v) is 6.68. The number of carboxylic acids is 2. The van der Waals surface area contributed by atoms with Gasteiger partial charge in [-0.25, -0.2) is 9.59 Å². The summed E-state index contributed by atoms with van der Waals surface area (Å²) in [6.07, 6.45) is 5.22. The van der Waals surface area contributed by atoms with Crippen molar-refractivity contribution < 1.29 is 39.5 Å². The first-order chi connectivity index (χ1) is 21.4. The van der Waals surface area contributed by atoms with Crippen LogP contribution in [0.2, 0.25) is 5.02 Å². The molecule has 1 aliphatic carbocycles. The highest BCUT2D eigenvalue weighted by Crippen LogP contribution is 2.46. The Bertz CT molecular complexity index is 1330. The molecule has 2 aromatic rings. The molecule has 45 heavy (non-hydrogen) atoms. The number of likely N-dealkylation sites (tertiary alicyclic amines) is 1. The predicted molar refractivity (Wildman–Crippen MR) is 172 cm³/mol. The van der Waals surface area contributed by atoms with E-state index in [0.29, 0.717) is 56.1 Å². The van der Waals surface area contributed by atoms with Gasteiger partial charge in [0.2, 0.25) is 5.91 Å². The number of hydrogen-bond donors (Lipinski definition) is 5. The van der Waals surface area contributed by atoms with Gasteiger partial charge in [0.1, 0.15) is 0 Å². The van der Waals surface area contributed by atoms with E-state index in [9.17, 15) is 24.6 Å². The Morgan fingerprint density at radius 2 is 1.78 bits per heavy atom. The van der Waals surface area contributed by atoms with Crippen molar-refractivity contribution in [3.63, 3.8) is 0 Å². The third-order valence-electron chi connectivity index (χ3n) is 8.65. The zero-order valence-corrected chi connectivity index (χ0v) is 26.7. The Labute approximate surface area is 269 Å². The molecule has 1 saturated carbocycles. The third-order valence-corrected chi connectivity index (χ3v) is 8.96. The maximum Gasteiger partial charge on any atom is 0.328 e. The summed E-state index contributed by atoms with van der Waals surface area (Å²) in [5.41, 5.74) is 8.62. The van der Waals surface area contributed by atoms with E-state index in [1.54, 1.807) is 7.11 Å². The maximum atomic E-state index is 13.4. The Hall–Kier alpha value is -3.28. The average Bonchev–Trinajstić information content (AvgIpc) is 3.35. The minimum atomic E-state index is -1.26. The van der Waals surface area contributed by atoms with Gasteiger partial charge in [-0.2, -0.15) is 0 Å². The van der Waals surface area contributed by atoms with Crippen molar-refractivity contribution in [2.75, 3.05) is 26.8 Å². The summed E-state index contributed by atoms with van der Waals surface area (Å²) in [4.78, 5) is 34.4. The number of hydrogen-bond acceptors (Lipinski definition) is 7. The molecule has 2 aliphatic rings. The summed E-state index contributed by atoms with van der Waals surface area (Å²) in [7, 11) is 1.69. The van der Waals surface area contributed by atoms with E-state index in [-0.39, 0.29) is 23.8 Å². The fraction of sp³-hybridized carbons (Fsp3) is 0.500. The number of aliphatic hydroxyl groups is 2. The summed E-state index contributed by atoms with van der Waals surface area (Å²) in [5, 5.41) is 38.9. The Morgan fingerprint density at radius 1 is 1.09 bits per heavy atom. The number of halogens is 1. The first kappa shape index (κ1) is 36.2. The number of aliphatic carboxylic acids is 2. The van der Waals surface area contributed by atoms with Crippen molar-refractivity contribution in [1.29, 1.82) is 0 Å². The molecule has 1 aliphatic heterocycles. The van der Waals surface area contributed by atoms with Crippen LogP contribution in [0.15, 0.2) is 54.6 Å². The van der Waals surface area contributed by atoms with Crippen molar-refractivity contribution >= 4 is 29.4 Å². The van der Waals surface area contributed by atoms with E-state index < -0.39 is 23.6 Å². The molecular weight excluding hydrogens is 600 g/mol. The Balaban J connectivity index is 0.000000610. The lowest BCUT2D eigenvalue weighted by Crippen LogP contribution is -2.49. The smallest absolute Gasteiger partial charge is 0.328 e. The molecule has 1 saturated heterocycles. The molecule has 5 atom stereocenters. The molecule has 0 radical (unpaired) electrons. The number of carbonyl (C=O) groups excluding carboxylic acids is 1. The molecule has 2 aromatic carbocycles. The number of carboxylic acid groups (broad SMARTS) is 2. The van der Waals surface area contributed by atoms with Crippen LogP contribution in [0.4, 0.5) is 0 Å². The second kappa shape index (κ2) is 16.9. The lowest BCUT2D eigenvalue weighted by molar-refractivity contribution is -0.141. The Morgan fingerprint density at radius 3 is 2.38 bits per heavy atom. The molecule has 1 heterocycles. The first-order valence-electron chi connectivity index (χ1n) is 15.3. The summed E-state index contributed by atoms with van der Waals surface area (Å²) in [6, 6.07) is 13.6. The van der Waals surface area contributed by atoms with Gasteiger partial charge in [-0.15, -0.1) is 0 Å². The van der Waals surface area contributed by atoms with Crippen molar-refractivity contribution in [3.8, 4) is 11.1 Å². The van der Waals surface area contributed by atoms with Gasteiger partial charge in [0, 0.05) is 67.4 Å². The largest absolute Gasteiger partial charge is 0.478 e. The van der Waals surface area contributed by atoms with Gasteiger partial charge in [-0.1, -0.05) is 53.6 Å². The van der Waals surface area contributed by atoms with Crippen LogP contribution in [0.3, 0.4) is 0 Å². The van der Waals surface area contributed by atoms with Gasteiger partial charge in [0.15, 0.2) is 0 Å². The standard InChI is InChI=1S/C30H41ClN2O4.C4H4O4/c1-20-8-5-9-21(16-20)28-24(11-6-12-25(28)31)30(36,13-3-4-15-37-2)23-10-7-14-33(19-23)29(35)22-17-26(32)27(34)18-22;5-3(6)1-2-4(7)8/h5-6,8-9,11-12,16,22-23,26-27,34,36H,3-4,7,10,13-15,17-19,32H2,1-2H3;1-2H,(H,5,6)(H,7,8)/b;2-1+/t22-,23+,26+,27-,30-;/m0./s1. The number of carbonyl (C=O) groups is 3. The van der Waals surface area contributed by atoms with Gasteiger partial charge in [0.25, 0.3) is 0 Å². The topological polar surface area (TPSA) is 171 Å². The maximum absolute atomic E-state index is 13.4. The normalized spacial score (nSPS) is 22.8. The number of aryl methyl sites for hydroxylation is 1. The van der Waals surface area contributed by atoms with Crippen LogP contribution in [-0.2, 0) is 24.7 Å². The molecule has 0 aromatic heterocycles. The number of aliphatic hydroxyl groups excluding tert-OH is 1. The van der Waals surface area contributed by atoms with Crippen LogP contribution in [0.5, 0.6) is 0 Å². The van der Waals surface area contributed by atoms with Gasteiger partial charge >= 0.3 is 11.9 Å². The number of amides is 1. The number of nitrogens with zero attached hydrogens (tertiary/aromatic N) is 1. The van der Waals surface area contributed by atoms with Gasteiger partial charge < -0.3 is 35.8 Å². The quantitative estimate of drug-likeness (QED) is 0.176. The van der Waals surface area contributed by atoms with Crippen molar-refractivity contribution in [2.45, 2.75) is 69.6 Å². The average molecular weight is 645 g/mol. The van der Waals surface area contributed by atoms with E-state index in [2.05, 4.69) is 6.07 Å². The molecule has 246 valence electrons. The summed E-state index contributed by atoms with van der Waals surface area (Å²) >= 11 is 6.81. The molecule has 0 spiro atoms. The van der Waals surface area contributed by atoms with Gasteiger partial charge in [-0.05, 0) is 69.1 Å². The van der Waals surface area contributed by atoms with Crippen molar-refractivity contribution in [2.24, 2.45) is 17.6 Å². The van der Waals surface area contributed by atoms with Gasteiger partial charge in [-0.3, -0.25) is 4.79 Å². The van der Waals surface area contributed by atoms with Crippen LogP contribution >= 0.6 is 11.6 Å². The minimum Gasteiger partial charge on any atom is -0.478 e. The van der Waals surface area contributed by atoms with Crippen LogP contribution in [0.25, 0.3) is 11.1 Å². The van der Waals surface area contributed by atoms with Crippen LogP contribution < -0.4 is 5.73 Å². The molecular formula is C34H45ClN2O8. The number of methoxy groups -OCH3 is 1. The summed E-state index contributed by atoms with van der Waals surface area (Å²) in [6.45, 7) is 3.82. The molecule has 11 heteroatoms. The molecule has 4 rings (SSSR count). The zero-order chi connectivity index (χ0) is 33.1. The minimum absolute atomic E-state index is 0.0448. The van der Waals surface area contributed by atoms with E-state index in [1.165, 1.54) is 0 Å². The number of ether oxygens (including phenoxy) is 1. The van der Waals surface area contributed by atoms with Crippen molar-refractivity contribution in [1.82, 2.24) is 4.90 Å². The summed E-state index contributed by atoms with van der Waals surface area (Å²) in [5.74, 6) is -2.87. The number of nitrogens with two attached hydrogens (primary N) is 1. The second-order valence-corrected chi connectivity index (χ2v) is 12.3. The van der Waals surface area contributed by atoms with E-state index in [0.717, 1.165) is 47.9 Å². The molecule has 1 amide bonds. The lowest BCUT2D eigenvalue weighted by Gasteiger charge is -2.44. The molecule has 6 N–H and O–H groups in total. The lowest BCUT2D eigenvalue weighted by atomic mass is 9.72. The highest BCUT2D eigenvalue weighted by molar-refractivity contribution is 6.33. The fourth-order valence-electron chi connectivity index (χ4n) is 6.40. The van der Waals surface area contributed by atoms with Gasteiger partial charge in [0.05, 0.1) is 11.7 Å². The van der Waals surface area contributed by atoms with E-state index in [4.69, 9.17) is 32.3 Å². The highest BCUT2D eigenvalue weighted by Gasteiger charge is 2.44. The van der Waals surface area contributed by atoms with Crippen LogP contribution in [-0.4, -0.2) is 82.1 Å². The zero-order valence-electron chi connectivity index (χ0n) is 25.9. The number of piperidine rings is 1. The third kappa shape index (κ3) is 9.85. The second-order valence-electron chi connectivity index (χ2n) is 11.9. The monoisotopic (exact) mass is 644 g/mol. The van der Waals surface area contributed by atoms with E-state index in [1.807, 2.05) is 48.2 Å². The number of rotatable bonds is 11. The molecule has 0 unspecified atom stereocenters. The van der Waals surface area contributed by atoms with E-state index >= 15 is 0 Å². The van der Waals surface area contributed by atoms with Crippen LogP contribution in [0.1, 0.15) is 56.1 Å². The molecule has 10 nitrogen and oxygen atoms in total. The Kier molecular flexibility index (Phi) is 13.6. The molecule has 0 bridgehead atoms. The summed E-state index contributed by atoms with van der Waals surface area (Å²) < 4.78 is 5.27.